The molecule has 126 valence electrons. The van der Waals surface area contributed by atoms with Gasteiger partial charge in [0, 0.05) is 18.4 Å². The van der Waals surface area contributed by atoms with E-state index in [1.165, 1.54) is 6.20 Å². The van der Waals surface area contributed by atoms with Crippen molar-refractivity contribution >= 4 is 23.5 Å². The Morgan fingerprint density at radius 1 is 1.29 bits per heavy atom. The predicted molar refractivity (Wildman–Crippen MR) is 85.0 cm³/mol. The van der Waals surface area contributed by atoms with Gasteiger partial charge in [0.05, 0.1) is 18.6 Å². The first-order valence-corrected chi connectivity index (χ1v) is 7.12. The van der Waals surface area contributed by atoms with Crippen LogP contribution in [0.4, 0.5) is 5.69 Å². The number of hydrogen-bond donors (Lipinski definition) is 3. The summed E-state index contributed by atoms with van der Waals surface area (Å²) in [4.78, 5) is 33.6. The Balaban J connectivity index is 2.65. The second-order valence-electron chi connectivity index (χ2n) is 4.51. The number of carboxylic acid groups (broad SMARTS) is 1. The molecule has 1 rings (SSSR count). The lowest BCUT2D eigenvalue weighted by molar-refractivity contribution is -0.136. The fraction of sp³-hybridized carbons (Fsp3) is 0.250. The van der Waals surface area contributed by atoms with Gasteiger partial charge in [-0.3, -0.25) is 9.59 Å². The molecule has 8 heteroatoms. The van der Waals surface area contributed by atoms with Crippen LogP contribution in [-0.4, -0.2) is 36.1 Å². The van der Waals surface area contributed by atoms with E-state index >= 15 is 0 Å². The minimum Gasteiger partial charge on any atom is -0.481 e. The zero-order valence-corrected chi connectivity index (χ0v) is 13.0. The van der Waals surface area contributed by atoms with E-state index in [-0.39, 0.29) is 25.1 Å². The Bertz CT molecular complexity index is 674. The van der Waals surface area contributed by atoms with Gasteiger partial charge in [0.15, 0.2) is 0 Å². The molecule has 0 spiro atoms. The van der Waals surface area contributed by atoms with E-state index in [9.17, 15) is 14.4 Å². The average Bonchev–Trinajstić information content (AvgIpc) is 2.56. The number of amides is 1. The molecule has 0 saturated heterocycles. The van der Waals surface area contributed by atoms with E-state index < -0.39 is 17.8 Å². The van der Waals surface area contributed by atoms with Gasteiger partial charge in [0.1, 0.15) is 11.6 Å². The van der Waals surface area contributed by atoms with Gasteiger partial charge in [-0.25, -0.2) is 4.79 Å². The van der Waals surface area contributed by atoms with Gasteiger partial charge in [0.25, 0.3) is 5.91 Å². The SMILES string of the molecule is CCOC(=O)c1ccc(N/C=C(/C#N)C(=O)NCCC(=O)O)cc1. The molecule has 0 fully saturated rings. The van der Waals surface area contributed by atoms with Crippen LogP contribution in [0.2, 0.25) is 0 Å². The van der Waals surface area contributed by atoms with Gasteiger partial charge in [-0.2, -0.15) is 5.26 Å². The molecule has 0 heterocycles. The third-order valence-electron chi connectivity index (χ3n) is 2.77. The molecule has 0 radical (unpaired) electrons. The lowest BCUT2D eigenvalue weighted by Gasteiger charge is -2.05. The number of aliphatic carboxylic acids is 1. The molecule has 8 nitrogen and oxygen atoms in total. The maximum absolute atomic E-state index is 11.7. The largest absolute Gasteiger partial charge is 0.481 e. The molecule has 0 aliphatic carbocycles. The Hall–Kier alpha value is -3.34. The number of benzene rings is 1. The zero-order chi connectivity index (χ0) is 17.9. The van der Waals surface area contributed by atoms with Crippen molar-refractivity contribution in [3.8, 4) is 6.07 Å². The van der Waals surface area contributed by atoms with Crippen LogP contribution < -0.4 is 10.6 Å². The summed E-state index contributed by atoms with van der Waals surface area (Å²) in [5, 5.41) is 22.5. The van der Waals surface area contributed by atoms with E-state index in [0.29, 0.717) is 11.3 Å². The molecule has 1 amide bonds. The highest BCUT2D eigenvalue weighted by molar-refractivity contribution is 5.97. The van der Waals surface area contributed by atoms with Crippen LogP contribution in [0.1, 0.15) is 23.7 Å². The molecule has 3 N–H and O–H groups in total. The number of rotatable bonds is 8. The van der Waals surface area contributed by atoms with Crippen molar-refractivity contribution in [2.24, 2.45) is 0 Å². The maximum Gasteiger partial charge on any atom is 0.338 e. The van der Waals surface area contributed by atoms with Gasteiger partial charge < -0.3 is 20.5 Å². The molecule has 1 aromatic carbocycles. The van der Waals surface area contributed by atoms with E-state index in [1.54, 1.807) is 37.3 Å². The molecule has 0 bridgehead atoms. The van der Waals surface area contributed by atoms with Crippen molar-refractivity contribution in [2.45, 2.75) is 13.3 Å². The number of hydrogen-bond acceptors (Lipinski definition) is 6. The van der Waals surface area contributed by atoms with Crippen molar-refractivity contribution in [1.82, 2.24) is 5.32 Å². The van der Waals surface area contributed by atoms with Gasteiger partial charge >= 0.3 is 11.9 Å². The molecule has 0 saturated carbocycles. The number of carbonyl (C=O) groups is 3. The molecular weight excluding hydrogens is 314 g/mol. The first-order valence-electron chi connectivity index (χ1n) is 7.12. The maximum atomic E-state index is 11.7. The minimum atomic E-state index is -1.04. The van der Waals surface area contributed by atoms with Crippen LogP contribution in [-0.2, 0) is 14.3 Å². The predicted octanol–water partition coefficient (Wildman–Crippen LogP) is 1.27. The number of carboxylic acids is 1. The standard InChI is InChI=1S/C16H17N3O5/c1-2-24-16(23)11-3-5-13(6-4-11)19-10-12(9-17)15(22)18-8-7-14(20)21/h3-6,10,19H,2,7-8H2,1H3,(H,18,22)(H,20,21)/b12-10-. The Morgan fingerprint density at radius 3 is 2.50 bits per heavy atom. The third-order valence-corrected chi connectivity index (χ3v) is 2.77. The van der Waals surface area contributed by atoms with E-state index in [0.717, 1.165) is 0 Å². The van der Waals surface area contributed by atoms with Crippen LogP contribution in [0.25, 0.3) is 0 Å². The molecule has 0 aliphatic heterocycles. The number of nitrogens with one attached hydrogen (secondary N) is 2. The van der Waals surface area contributed by atoms with E-state index in [4.69, 9.17) is 15.1 Å². The Morgan fingerprint density at radius 2 is 1.96 bits per heavy atom. The number of anilines is 1. The highest BCUT2D eigenvalue weighted by Gasteiger charge is 2.09. The summed E-state index contributed by atoms with van der Waals surface area (Å²) in [6, 6.07) is 8.01. The number of nitrogens with zero attached hydrogens (tertiary/aromatic N) is 1. The summed E-state index contributed by atoms with van der Waals surface area (Å²) in [6.07, 6.45) is 0.975. The van der Waals surface area contributed by atoms with Gasteiger partial charge in [-0.15, -0.1) is 0 Å². The molecule has 24 heavy (non-hydrogen) atoms. The van der Waals surface area contributed by atoms with E-state index in [1.807, 2.05) is 0 Å². The molecule has 0 unspecified atom stereocenters. The number of ether oxygens (including phenoxy) is 1. The smallest absolute Gasteiger partial charge is 0.338 e. The lowest BCUT2D eigenvalue weighted by atomic mass is 10.2. The van der Waals surface area contributed by atoms with Gasteiger partial charge in [0.2, 0.25) is 0 Å². The van der Waals surface area contributed by atoms with Crippen molar-refractivity contribution in [3.05, 3.63) is 41.6 Å². The minimum absolute atomic E-state index is 0.0680. The monoisotopic (exact) mass is 331 g/mol. The van der Waals surface area contributed by atoms with Crippen LogP contribution >= 0.6 is 0 Å². The van der Waals surface area contributed by atoms with Crippen molar-refractivity contribution in [1.29, 1.82) is 5.26 Å². The fourth-order valence-electron chi connectivity index (χ4n) is 1.60. The molecular formula is C16H17N3O5. The summed E-state index contributed by atoms with van der Waals surface area (Å²) in [7, 11) is 0. The van der Waals surface area contributed by atoms with Crippen molar-refractivity contribution < 1.29 is 24.2 Å². The van der Waals surface area contributed by atoms with Crippen molar-refractivity contribution in [3.63, 3.8) is 0 Å². The summed E-state index contributed by atoms with van der Waals surface area (Å²) >= 11 is 0. The summed E-state index contributed by atoms with van der Waals surface area (Å²) in [6.45, 7) is 1.93. The van der Waals surface area contributed by atoms with E-state index in [2.05, 4.69) is 10.6 Å². The Labute approximate surface area is 138 Å². The summed E-state index contributed by atoms with van der Waals surface area (Å²) in [5.41, 5.74) is 0.752. The van der Waals surface area contributed by atoms with Crippen LogP contribution in [0.15, 0.2) is 36.0 Å². The first kappa shape index (κ1) is 18.7. The number of esters is 1. The lowest BCUT2D eigenvalue weighted by Crippen LogP contribution is -2.27. The third kappa shape index (κ3) is 6.19. The van der Waals surface area contributed by atoms with Gasteiger partial charge in [-0.05, 0) is 31.2 Å². The highest BCUT2D eigenvalue weighted by Crippen LogP contribution is 2.11. The van der Waals surface area contributed by atoms with Crippen LogP contribution in [0, 0.1) is 11.3 Å². The number of carbonyl (C=O) groups excluding carboxylic acids is 2. The zero-order valence-electron chi connectivity index (χ0n) is 13.0. The first-order chi connectivity index (χ1) is 11.5. The summed E-state index contributed by atoms with van der Waals surface area (Å²) < 4.78 is 4.86. The quantitative estimate of drug-likeness (QED) is 0.372. The molecule has 1 aromatic rings. The second kappa shape index (κ2) is 9.63. The molecule has 0 atom stereocenters. The topological polar surface area (TPSA) is 129 Å². The normalized spacial score (nSPS) is 10.4. The average molecular weight is 331 g/mol. The summed E-state index contributed by atoms with van der Waals surface area (Å²) in [5.74, 6) is -2.15. The van der Waals surface area contributed by atoms with Crippen molar-refractivity contribution in [2.75, 3.05) is 18.5 Å². The molecule has 0 aromatic heterocycles. The highest BCUT2D eigenvalue weighted by atomic mass is 16.5. The van der Waals surface area contributed by atoms with Gasteiger partial charge in [-0.1, -0.05) is 0 Å². The van der Waals surface area contributed by atoms with Crippen LogP contribution in [0.3, 0.4) is 0 Å². The number of nitriles is 1. The molecule has 0 aliphatic rings. The second-order valence-corrected chi connectivity index (χ2v) is 4.51. The Kier molecular flexibility index (Phi) is 7.51. The fourth-order valence-corrected chi connectivity index (χ4v) is 1.60. The van der Waals surface area contributed by atoms with Crippen LogP contribution in [0.5, 0.6) is 0 Å².